The summed E-state index contributed by atoms with van der Waals surface area (Å²) in [4.78, 5) is 42.7. The van der Waals surface area contributed by atoms with Crippen LogP contribution in [-0.2, 0) is 43.8 Å². The zero-order valence-electron chi connectivity index (χ0n) is 39.7. The van der Waals surface area contributed by atoms with Gasteiger partial charge in [-0.2, -0.15) is 0 Å². The van der Waals surface area contributed by atoms with Crippen LogP contribution in [0.4, 0.5) is 17.2 Å². The van der Waals surface area contributed by atoms with Gasteiger partial charge in [-0.05, 0) is 76.2 Å². The maximum Gasteiger partial charge on any atom is 0.398 e. The number of amides is 2. The minimum atomic E-state index is -4.15. The first kappa shape index (κ1) is 62.1. The molecule has 0 aliphatic rings. The van der Waals surface area contributed by atoms with Gasteiger partial charge in [-0.15, -0.1) is 10.2 Å². The molecule has 5 heterocycles. The number of hydrogen-bond donors (Lipinski definition) is 6. The zero-order valence-corrected chi connectivity index (χ0v) is 45.8. The summed E-state index contributed by atoms with van der Waals surface area (Å²) in [5, 5.41) is 15.5. The Morgan fingerprint density at radius 2 is 1.18 bits per heavy atom. The Hall–Kier alpha value is -6.41. The number of rotatable bonds is 18. The van der Waals surface area contributed by atoms with Gasteiger partial charge < -0.3 is 39.5 Å². The molecule has 0 bridgehead atoms. The minimum absolute atomic E-state index is 0.0129. The maximum absolute atomic E-state index is 13.0. The number of nitrogen functional groups attached to an aromatic ring is 2. The molecule has 7 rings (SSSR count). The van der Waals surface area contributed by atoms with Crippen LogP contribution < -0.4 is 32.2 Å². The number of pyridine rings is 2. The summed E-state index contributed by atoms with van der Waals surface area (Å²) in [7, 11) is -8.20. The number of esters is 1. The quantitative estimate of drug-likeness (QED) is 0.0163. The molecule has 0 radical (unpaired) electrons. The average Bonchev–Trinajstić information content (AvgIpc) is 4.17. The number of hydrazine groups is 1. The second-order valence-corrected chi connectivity index (χ2v) is 19.7. The van der Waals surface area contributed by atoms with E-state index < -0.39 is 43.8 Å². The van der Waals surface area contributed by atoms with E-state index in [9.17, 15) is 31.2 Å². The van der Waals surface area contributed by atoms with Gasteiger partial charge in [0.05, 0.1) is 77.7 Å². The van der Waals surface area contributed by atoms with E-state index in [0.29, 0.717) is 25.6 Å². The van der Waals surface area contributed by atoms with Crippen LogP contribution >= 0.6 is 69.6 Å². The number of ether oxygens (including phenoxy) is 4. The number of halogens is 6. The molecule has 26 nitrogen and oxygen atoms in total. The summed E-state index contributed by atoms with van der Waals surface area (Å²) in [5.74, 6) is 1.24. The number of primary amides is 1. The predicted molar refractivity (Wildman–Crippen MR) is 279 cm³/mol. The molecule has 9 N–H and O–H groups in total. The molecule has 7 aromatic rings. The summed E-state index contributed by atoms with van der Waals surface area (Å²) in [6.07, 6.45) is 5.13. The summed E-state index contributed by atoms with van der Waals surface area (Å²) in [5.41, 5.74) is 11.9. The first-order chi connectivity index (χ1) is 36.0. The third-order valence-electron chi connectivity index (χ3n) is 8.68. The molecule has 0 aliphatic carbocycles. The van der Waals surface area contributed by atoms with Crippen LogP contribution in [0.15, 0.2) is 104 Å². The Morgan fingerprint density at radius 1 is 0.671 bits per heavy atom. The van der Waals surface area contributed by atoms with Gasteiger partial charge in [0, 0.05) is 24.5 Å². The summed E-state index contributed by atoms with van der Waals surface area (Å²) in [6, 6.07) is 13.1. The second kappa shape index (κ2) is 28.6. The van der Waals surface area contributed by atoms with Crippen LogP contribution in [0.2, 0.25) is 30.1 Å². The highest BCUT2D eigenvalue weighted by molar-refractivity contribution is 7.93. The maximum atomic E-state index is 13.0. The molecule has 2 amide bonds. The van der Waals surface area contributed by atoms with Crippen molar-refractivity contribution in [3.05, 3.63) is 127 Å². The third-order valence-corrected chi connectivity index (χ3v) is 13.3. The molecule has 0 atom stereocenters. The minimum Gasteiger partial charge on any atom is -0.460 e. The van der Waals surface area contributed by atoms with Crippen molar-refractivity contribution in [2.24, 2.45) is 11.6 Å². The van der Waals surface area contributed by atoms with Crippen molar-refractivity contribution in [2.45, 2.75) is 43.5 Å². The van der Waals surface area contributed by atoms with Crippen molar-refractivity contribution < 1.29 is 59.2 Å². The molecule has 0 unspecified atom stereocenters. The van der Waals surface area contributed by atoms with Crippen molar-refractivity contribution in [2.75, 3.05) is 41.6 Å². The van der Waals surface area contributed by atoms with Crippen LogP contribution in [-0.4, -0.2) is 102 Å². The van der Waals surface area contributed by atoms with Gasteiger partial charge in [0.2, 0.25) is 5.82 Å². The lowest BCUT2D eigenvalue weighted by molar-refractivity contribution is -0.360. The van der Waals surface area contributed by atoms with Crippen molar-refractivity contribution in [3.8, 4) is 17.3 Å². The molecule has 0 saturated heterocycles. The Balaban J connectivity index is 0.000000247. The van der Waals surface area contributed by atoms with Gasteiger partial charge in [-0.3, -0.25) is 24.5 Å². The van der Waals surface area contributed by atoms with E-state index >= 15 is 0 Å². The fourth-order valence-electron chi connectivity index (χ4n) is 5.61. The molecule has 0 saturated carbocycles. The molecule has 2 aromatic carbocycles. The van der Waals surface area contributed by atoms with Crippen molar-refractivity contribution >= 4 is 125 Å². The number of sulfonamides is 2. The number of nitrogens with two attached hydrogens (primary N) is 3. The van der Waals surface area contributed by atoms with E-state index in [1.165, 1.54) is 84.1 Å². The number of nitrogens with zero attached hydrogens (tertiary/aromatic N) is 7. The van der Waals surface area contributed by atoms with Crippen LogP contribution in [0.3, 0.4) is 0 Å². The highest BCUT2D eigenvalue weighted by atomic mass is 35.5. The molecular formula is C42H43Cl6N13O13S2. The SMILES string of the molecule is CCOC(=O)C(OCC)(OCC)OCC.NC(=O)c1nnc(-c2ncc(Cl)cc2NS(=O)(=O)c2ccc(Cl)c(Cl)c2)n1-c1ccon1.NNC(=O)c1ncc(Cl)cc1NS(=O)(=O)c1ccc(Cl)c(Cl)c1.Nc1ccon1. The second-order valence-electron chi connectivity index (χ2n) is 13.8. The topological polar surface area (TPSA) is 379 Å². The van der Waals surface area contributed by atoms with E-state index in [2.05, 4.69) is 44.4 Å². The van der Waals surface area contributed by atoms with Crippen LogP contribution in [0.5, 0.6) is 0 Å². The largest absolute Gasteiger partial charge is 0.460 e. The van der Waals surface area contributed by atoms with Gasteiger partial charge in [-0.25, -0.2) is 42.0 Å². The fraction of sp³-hybridized carbons (Fsp3) is 0.214. The van der Waals surface area contributed by atoms with Gasteiger partial charge in [0.25, 0.3) is 31.9 Å². The molecule has 0 aliphatic heterocycles. The van der Waals surface area contributed by atoms with Gasteiger partial charge >= 0.3 is 11.9 Å². The van der Waals surface area contributed by atoms with Crippen molar-refractivity contribution in [1.29, 1.82) is 0 Å². The summed E-state index contributed by atoms with van der Waals surface area (Å²) in [6.45, 7) is 8.15. The van der Waals surface area contributed by atoms with Gasteiger partial charge in [0.15, 0.2) is 23.2 Å². The molecule has 0 fully saturated rings. The smallest absolute Gasteiger partial charge is 0.398 e. The number of benzene rings is 2. The van der Waals surface area contributed by atoms with Crippen LogP contribution in [0.1, 0.15) is 48.8 Å². The average molecular weight is 1210 g/mol. The number of anilines is 3. The zero-order chi connectivity index (χ0) is 56.4. The molecule has 5 aromatic heterocycles. The standard InChI is InChI=1S/C17H10Cl3N7O4S.C12H9Cl3N4O3S.C10H20O5.C3H4N2O/c18-8-5-12(26-32(29,30)9-1-2-10(19)11(20)6-9)14(22-7-8)16-23-24-17(15(21)28)27(16)13-3-4-31-25-13;13-6-3-10(11(17-5-6)12(20)18-16)19-23(21,22)7-1-2-8(14)9(15)4-7;1-5-12-9(11)10(13-6-2,14-7-3)15-8-4;4-3-1-2-6-5-3/h1-7,26H,(H2,21,28);1-5,19H,16H2,(H,18,20);5-8H2,1-4H3;1-2H,(H2,4,5). The van der Waals surface area contributed by atoms with E-state index in [1.807, 2.05) is 5.43 Å². The highest BCUT2D eigenvalue weighted by Crippen LogP contribution is 2.33. The Bertz CT molecular complexity index is 3310. The number of carbonyl (C=O) groups excluding carboxylic acids is 3. The molecule has 76 heavy (non-hydrogen) atoms. The lowest BCUT2D eigenvalue weighted by Gasteiger charge is -2.29. The van der Waals surface area contributed by atoms with E-state index in [0.717, 1.165) is 0 Å². The molecule has 408 valence electrons. The van der Waals surface area contributed by atoms with E-state index in [4.69, 9.17) is 110 Å². The lowest BCUT2D eigenvalue weighted by Crippen LogP contribution is -2.48. The van der Waals surface area contributed by atoms with Gasteiger partial charge in [-0.1, -0.05) is 79.9 Å². The Morgan fingerprint density at radius 3 is 1.62 bits per heavy atom. The number of carbonyl (C=O) groups is 3. The monoisotopic (exact) mass is 1210 g/mol. The van der Waals surface area contributed by atoms with Crippen LogP contribution in [0.25, 0.3) is 17.3 Å². The number of hydrogen-bond acceptors (Lipinski definition) is 21. The number of aromatic nitrogens is 7. The first-order valence-electron chi connectivity index (χ1n) is 21.2. The first-order valence-corrected chi connectivity index (χ1v) is 26.4. The molecular weight excluding hydrogens is 1170 g/mol. The van der Waals surface area contributed by atoms with Crippen LogP contribution in [0, 0.1) is 0 Å². The summed E-state index contributed by atoms with van der Waals surface area (Å²) < 4.78 is 86.1. The van der Waals surface area contributed by atoms with Crippen molar-refractivity contribution in [3.63, 3.8) is 0 Å². The van der Waals surface area contributed by atoms with E-state index in [-0.39, 0.29) is 86.8 Å². The molecule has 0 spiro atoms. The molecule has 34 heteroatoms. The fourth-order valence-corrected chi connectivity index (χ4v) is 8.81. The Kier molecular flexibility index (Phi) is 23.4. The van der Waals surface area contributed by atoms with Gasteiger partial charge in [0.1, 0.15) is 18.2 Å². The Labute approximate surface area is 462 Å². The third kappa shape index (κ3) is 16.8. The highest BCUT2D eigenvalue weighted by Gasteiger charge is 2.44. The van der Waals surface area contributed by atoms with E-state index in [1.54, 1.807) is 33.8 Å². The lowest BCUT2D eigenvalue weighted by atomic mass is 10.3. The predicted octanol–water partition coefficient (Wildman–Crippen LogP) is 7.19. The van der Waals surface area contributed by atoms with Crippen molar-refractivity contribution in [1.82, 2.24) is 40.5 Å². The summed E-state index contributed by atoms with van der Waals surface area (Å²) >= 11 is 35.2. The normalized spacial score (nSPS) is 11.1. The number of nitrogens with one attached hydrogen (secondary N) is 3.